The zero-order valence-electron chi connectivity index (χ0n) is 12.7. The molecule has 0 aromatic heterocycles. The number of likely N-dealkylation sites (tertiary alicyclic amines) is 1. The molecule has 1 aromatic carbocycles. The van der Waals surface area contributed by atoms with Crippen molar-refractivity contribution in [3.8, 4) is 0 Å². The molecule has 3 aliphatic rings. The van der Waals surface area contributed by atoms with Crippen LogP contribution in [-0.2, 0) is 0 Å². The molecular weight excluding hydrogens is 669 g/mol. The van der Waals surface area contributed by atoms with Gasteiger partial charge in [0.2, 0.25) is 0 Å². The molecule has 0 unspecified atom stereocenters. The van der Waals surface area contributed by atoms with Crippen molar-refractivity contribution in [3.63, 3.8) is 0 Å². The quantitative estimate of drug-likeness (QED) is 0.266. The molecule has 0 aliphatic carbocycles. The number of nitrogens with two attached hydrogens (primary N) is 1. The Bertz CT molecular complexity index is 805. The first kappa shape index (κ1) is 18.0. The number of hydrogen-bond acceptors (Lipinski definition) is 3. The minimum absolute atomic E-state index is 0.0982. The molecule has 1 spiro atoms. The van der Waals surface area contributed by atoms with Gasteiger partial charge in [-0.05, 0) is 97.2 Å². The normalized spacial score (nSPS) is 23.1. The molecule has 4 nitrogen and oxygen atoms in total. The first-order valence-corrected chi connectivity index (χ1v) is 22.5. The average Bonchev–Trinajstić information content (AvgIpc) is 2.90. The minimum Gasteiger partial charge on any atom is -0.399 e. The third-order valence-electron chi connectivity index (χ3n) is 4.61. The van der Waals surface area contributed by atoms with Gasteiger partial charge in [-0.1, -0.05) is 0 Å². The molecule has 0 saturated carbocycles. The molecule has 24 heavy (non-hydrogen) atoms. The van der Waals surface area contributed by atoms with Gasteiger partial charge in [-0.2, -0.15) is 0 Å². The highest BCUT2D eigenvalue weighted by molar-refractivity contribution is 15.1. The number of nitrogens with one attached hydrogen (secondary N) is 1. The van der Waals surface area contributed by atoms with Crippen LogP contribution >= 0.6 is 56.5 Å². The number of fused-ring (bicyclic) bond motifs is 2. The lowest BCUT2D eigenvalue weighted by Gasteiger charge is -2.33. The van der Waals surface area contributed by atoms with E-state index in [1.807, 2.05) is 4.90 Å². The van der Waals surface area contributed by atoms with Gasteiger partial charge in [0.25, 0.3) is 5.91 Å². The van der Waals surface area contributed by atoms with E-state index in [2.05, 4.69) is 5.32 Å². The minimum atomic E-state index is -0.498. The molecule has 2 saturated heterocycles. The maximum atomic E-state index is 14.3. The lowest BCUT2D eigenvalue weighted by Crippen LogP contribution is -2.42. The Hall–Kier alpha value is 0.610. The lowest BCUT2D eigenvalue weighted by molar-refractivity contribution is 0.0823. The summed E-state index contributed by atoms with van der Waals surface area (Å²) in [7, 11) is 0. The molecule has 130 valence electrons. The molecule has 3 N–H and O–H groups in total. The Morgan fingerprint density at radius 3 is 2.92 bits per heavy atom. The van der Waals surface area contributed by atoms with Gasteiger partial charge in [-0.25, -0.2) is 4.39 Å². The maximum Gasteiger partial charge on any atom is 0.261 e. The molecule has 0 radical (unpaired) electrons. The largest absolute Gasteiger partial charge is 0.399 e. The van der Waals surface area contributed by atoms with Gasteiger partial charge in [0.15, 0.2) is 0 Å². The van der Waals surface area contributed by atoms with Crippen LogP contribution in [-0.4, -0.2) is 37.6 Å². The van der Waals surface area contributed by atoms with Gasteiger partial charge in [-0.3, -0.25) is 4.79 Å². The number of benzene rings is 1. The molecule has 4 rings (SSSR count). The van der Waals surface area contributed by atoms with Gasteiger partial charge in [0, 0.05) is 24.6 Å². The van der Waals surface area contributed by atoms with E-state index in [0.29, 0.717) is 21.9 Å². The first-order chi connectivity index (χ1) is 11.6. The van der Waals surface area contributed by atoms with Crippen LogP contribution < -0.4 is 11.1 Å². The van der Waals surface area contributed by atoms with Crippen molar-refractivity contribution >= 4 is 75.2 Å². The number of carbonyl (C=O) groups excluding carboxylic acids is 1. The van der Waals surface area contributed by atoms with Crippen molar-refractivity contribution < 1.29 is 9.18 Å². The van der Waals surface area contributed by atoms with Gasteiger partial charge < -0.3 is 16.0 Å². The number of nitrogen functional groups attached to an aromatic ring is 1. The number of hydrogen-bond donors (Lipinski definition) is 2. The summed E-state index contributed by atoms with van der Waals surface area (Å²) >= 11 is 0.378. The van der Waals surface area contributed by atoms with E-state index in [0.717, 1.165) is 32.5 Å². The molecular formula is C15H16FI3N3OP. The topological polar surface area (TPSA) is 58.4 Å². The highest BCUT2D eigenvalue weighted by Gasteiger charge is 2.49. The van der Waals surface area contributed by atoms with Crippen molar-refractivity contribution in [2.45, 2.75) is 12.8 Å². The summed E-state index contributed by atoms with van der Waals surface area (Å²) < 4.78 is 18.9. The third kappa shape index (κ3) is 3.18. The first-order valence-electron chi connectivity index (χ1n) is 7.56. The van der Waals surface area contributed by atoms with Crippen LogP contribution in [0, 0.1) is 11.2 Å². The van der Waals surface area contributed by atoms with Gasteiger partial charge >= 0.3 is 0 Å². The van der Waals surface area contributed by atoms with Crippen LogP contribution in [0.3, 0.4) is 0 Å². The van der Waals surface area contributed by atoms with Crippen LogP contribution in [0.1, 0.15) is 23.2 Å². The second-order valence-corrected chi connectivity index (χ2v) is 30.0. The Labute approximate surface area is 166 Å². The zero-order chi connectivity index (χ0) is 16.7. The van der Waals surface area contributed by atoms with Gasteiger partial charge in [0.1, 0.15) is 5.82 Å². The summed E-state index contributed by atoms with van der Waals surface area (Å²) in [6.45, 7) is 2.85. The molecule has 9 heteroatoms. The number of halogens is 4. The Morgan fingerprint density at radius 1 is 1.38 bits per heavy atom. The molecule has 2 fully saturated rings. The number of amides is 1. The van der Waals surface area contributed by atoms with Crippen LogP contribution in [0.4, 0.5) is 10.1 Å². The number of nitrogens with zero attached hydrogens (tertiary/aromatic N) is 1. The highest BCUT2D eigenvalue weighted by atomic mass is 128. The fourth-order valence-electron chi connectivity index (χ4n) is 3.35. The molecule has 1 amide bonds. The summed E-state index contributed by atoms with van der Waals surface area (Å²) in [5, 5.41) is 3.45. The zero-order valence-corrected chi connectivity index (χ0v) is 20.0. The van der Waals surface area contributed by atoms with E-state index in [4.69, 9.17) is 5.73 Å². The Balaban J connectivity index is 1.73. The molecule has 0 bridgehead atoms. The summed E-state index contributed by atoms with van der Waals surface area (Å²) in [6.07, 6.45) is 2.26. The number of piperidine rings is 1. The van der Waals surface area contributed by atoms with E-state index in [1.54, 1.807) is 19.0 Å². The van der Waals surface area contributed by atoms with Crippen LogP contribution in [0.2, 0.25) is 0 Å². The van der Waals surface area contributed by atoms with E-state index in [1.165, 1.54) is 9.70 Å². The van der Waals surface area contributed by atoms with Crippen molar-refractivity contribution in [2.75, 3.05) is 25.4 Å². The maximum absolute atomic E-state index is 14.3. The van der Waals surface area contributed by atoms with E-state index in [-0.39, 0.29) is 53.8 Å². The summed E-state index contributed by atoms with van der Waals surface area (Å²) in [5.41, 5.74) is 6.37. The lowest BCUT2D eigenvalue weighted by atomic mass is 9.78. The fourth-order valence-corrected chi connectivity index (χ4v) is 47.0. The molecule has 3 heterocycles. The van der Waals surface area contributed by atoms with Crippen molar-refractivity contribution in [2.24, 2.45) is 5.41 Å². The van der Waals surface area contributed by atoms with Crippen molar-refractivity contribution in [1.29, 1.82) is 0 Å². The molecule has 1 aromatic rings. The Morgan fingerprint density at radius 2 is 2.17 bits per heavy atom. The summed E-state index contributed by atoms with van der Waals surface area (Å²) in [4.78, 5) is 15.0. The van der Waals surface area contributed by atoms with Gasteiger partial charge in [-0.15, -0.1) is 0 Å². The van der Waals surface area contributed by atoms with Crippen molar-refractivity contribution in [3.05, 3.63) is 29.6 Å². The van der Waals surface area contributed by atoms with E-state index >= 15 is 0 Å². The standard InChI is InChI=1S/C15H16FI3N3OP/c16-11-7-9(20)1-2-10(11)14(23)22-8-15(3-5-21-6-4-15)12-13(22)18-24-19-17-12/h1-2,7,21H,3-6,8,20H2. The predicted molar refractivity (Wildman–Crippen MR) is 125 cm³/mol. The SMILES string of the molecule is Nc1ccc(C(=O)N2CC3(CCNCC3)C3=II=PI=C32)c(F)c1. The summed E-state index contributed by atoms with van der Waals surface area (Å²) in [6, 6.07) is 4.42. The smallest absolute Gasteiger partial charge is 0.261 e. The fraction of sp³-hybridized carbons (Fsp3) is 0.400. The third-order valence-corrected chi connectivity index (χ3v) is 43.5. The monoisotopic (exact) mass is 685 g/mol. The number of carbonyl (C=O) groups is 1. The second kappa shape index (κ2) is 7.32. The van der Waals surface area contributed by atoms with Gasteiger partial charge in [0.05, 0.1) is 9.20 Å². The Kier molecular flexibility index (Phi) is 5.49. The van der Waals surface area contributed by atoms with Crippen molar-refractivity contribution in [1.82, 2.24) is 10.2 Å². The van der Waals surface area contributed by atoms with Crippen LogP contribution in [0.5, 0.6) is 0 Å². The highest BCUT2D eigenvalue weighted by Crippen LogP contribution is 2.54. The molecule has 3 aliphatic heterocycles. The number of rotatable bonds is 1. The van der Waals surface area contributed by atoms with Crippen LogP contribution in [0.15, 0.2) is 18.2 Å². The predicted octanol–water partition coefficient (Wildman–Crippen LogP) is 4.15. The molecule has 0 atom stereocenters. The second-order valence-electron chi connectivity index (χ2n) is 6.05. The van der Waals surface area contributed by atoms with E-state index in [9.17, 15) is 9.18 Å². The number of anilines is 1. The van der Waals surface area contributed by atoms with Crippen LogP contribution in [0.25, 0.3) is 0 Å². The summed E-state index contributed by atoms with van der Waals surface area (Å²) in [5.74, 6) is -0.656. The van der Waals surface area contributed by atoms with E-state index < -0.39 is 5.82 Å². The average molecular weight is 685 g/mol.